The molecule has 0 unspecified atom stereocenters. The van der Waals surface area contributed by atoms with Crippen molar-refractivity contribution in [3.05, 3.63) is 17.5 Å². The van der Waals surface area contributed by atoms with E-state index in [-0.39, 0.29) is 6.07 Å². The number of nitrogens with zero attached hydrogens (tertiary/aromatic N) is 1. The molecule has 1 aromatic heterocycles. The Hall–Kier alpha value is -1.60. The van der Waals surface area contributed by atoms with E-state index in [1.165, 1.54) is 0 Å². The molecule has 0 aliphatic heterocycles. The van der Waals surface area contributed by atoms with Gasteiger partial charge in [0.1, 0.15) is 10.6 Å². The third-order valence-electron chi connectivity index (χ3n) is 2.00. The number of hydrogen-bond acceptors (Lipinski definition) is 5. The van der Waals surface area contributed by atoms with Gasteiger partial charge in [-0.1, -0.05) is 0 Å². The number of pyridine rings is 1. The van der Waals surface area contributed by atoms with Crippen LogP contribution in [0, 0.1) is 0 Å². The number of aromatic nitrogens is 1. The molecule has 1 rings (SSSR count). The van der Waals surface area contributed by atoms with Crippen LogP contribution in [0.25, 0.3) is 0 Å². The van der Waals surface area contributed by atoms with Crippen LogP contribution in [-0.2, 0) is 22.7 Å². The number of sulfonamides is 1. The molecule has 13 heteroatoms. The first-order valence-corrected chi connectivity index (χ1v) is 6.40. The molecule has 21 heavy (non-hydrogen) atoms. The predicted molar refractivity (Wildman–Crippen MR) is 55.2 cm³/mol. The van der Waals surface area contributed by atoms with Crippen molar-refractivity contribution >= 4 is 10.0 Å². The highest BCUT2D eigenvalue weighted by molar-refractivity contribution is 7.89. The van der Waals surface area contributed by atoms with Gasteiger partial charge in [0.15, 0.2) is 5.75 Å². The van der Waals surface area contributed by atoms with Gasteiger partial charge in [-0.3, -0.25) is 0 Å². The normalized spacial score (nSPS) is 13.3. The summed E-state index contributed by atoms with van der Waals surface area (Å²) in [5.41, 5.74) is 2.21. The van der Waals surface area contributed by atoms with Gasteiger partial charge in [0.05, 0.1) is 5.69 Å². The number of nitrogens with two attached hydrogens (primary N) is 2. The molecule has 1 aromatic rings. The van der Waals surface area contributed by atoms with Gasteiger partial charge in [0, 0.05) is 12.6 Å². The zero-order chi connectivity index (χ0) is 16.6. The minimum absolute atomic E-state index is 0.216. The van der Waals surface area contributed by atoms with E-state index in [1.54, 1.807) is 0 Å². The van der Waals surface area contributed by atoms with E-state index in [4.69, 9.17) is 5.73 Å². The standard InChI is InChI=1S/C8H7F6N3O3S/c9-7(10,11)5-1-4(20-8(12,13)14)6(21(16,18)19)3(2-15)17-5/h1H,2,15H2,(H2,16,18,19). The largest absolute Gasteiger partial charge is 0.573 e. The molecular weight excluding hydrogens is 332 g/mol. The number of alkyl halides is 6. The second-order valence-electron chi connectivity index (χ2n) is 3.58. The highest BCUT2D eigenvalue weighted by atomic mass is 32.2. The molecule has 0 atom stereocenters. The molecule has 0 aliphatic rings. The smallest absolute Gasteiger partial charge is 0.404 e. The molecule has 0 saturated heterocycles. The highest BCUT2D eigenvalue weighted by Crippen LogP contribution is 2.36. The van der Waals surface area contributed by atoms with Gasteiger partial charge in [-0.25, -0.2) is 18.5 Å². The predicted octanol–water partition coefficient (Wildman–Crippen LogP) is 1.11. The van der Waals surface area contributed by atoms with Gasteiger partial charge >= 0.3 is 12.5 Å². The quantitative estimate of drug-likeness (QED) is 0.802. The zero-order valence-electron chi connectivity index (χ0n) is 9.79. The Balaban J connectivity index is 3.69. The maximum Gasteiger partial charge on any atom is 0.573 e. The zero-order valence-corrected chi connectivity index (χ0v) is 10.6. The second-order valence-corrected chi connectivity index (χ2v) is 5.07. The molecule has 0 fully saturated rings. The lowest BCUT2D eigenvalue weighted by atomic mass is 10.2. The molecule has 0 aromatic carbocycles. The topological polar surface area (TPSA) is 108 Å². The van der Waals surface area contributed by atoms with Crippen molar-refractivity contribution in [1.29, 1.82) is 0 Å². The summed E-state index contributed by atoms with van der Waals surface area (Å²) >= 11 is 0. The molecule has 0 aliphatic carbocycles. The second kappa shape index (κ2) is 5.31. The lowest BCUT2D eigenvalue weighted by Crippen LogP contribution is -2.25. The molecule has 0 saturated carbocycles. The van der Waals surface area contributed by atoms with E-state index >= 15 is 0 Å². The number of primary sulfonamides is 1. The van der Waals surface area contributed by atoms with Gasteiger partial charge in [-0.05, 0) is 0 Å². The molecule has 0 spiro atoms. The monoisotopic (exact) mass is 339 g/mol. The Labute approximate surface area is 113 Å². The van der Waals surface area contributed by atoms with Gasteiger partial charge < -0.3 is 10.5 Å². The molecule has 6 nitrogen and oxygen atoms in total. The lowest BCUT2D eigenvalue weighted by Gasteiger charge is -2.16. The van der Waals surface area contributed by atoms with Crippen LogP contribution >= 0.6 is 0 Å². The first-order valence-electron chi connectivity index (χ1n) is 4.85. The Kier molecular flexibility index (Phi) is 4.41. The first kappa shape index (κ1) is 17.5. The van der Waals surface area contributed by atoms with E-state index in [1.807, 2.05) is 0 Å². The van der Waals surface area contributed by atoms with Crippen LogP contribution in [-0.4, -0.2) is 19.8 Å². The Morgan fingerprint density at radius 3 is 2.05 bits per heavy atom. The van der Waals surface area contributed by atoms with Gasteiger partial charge in [-0.2, -0.15) is 13.2 Å². The summed E-state index contributed by atoms with van der Waals surface area (Å²) < 4.78 is 99.9. The van der Waals surface area contributed by atoms with E-state index < -0.39 is 51.1 Å². The van der Waals surface area contributed by atoms with E-state index in [0.29, 0.717) is 0 Å². The Morgan fingerprint density at radius 2 is 1.71 bits per heavy atom. The summed E-state index contributed by atoms with van der Waals surface area (Å²) in [5.74, 6) is -1.65. The minimum atomic E-state index is -5.43. The molecule has 0 bridgehead atoms. The van der Waals surface area contributed by atoms with E-state index in [0.717, 1.165) is 0 Å². The van der Waals surface area contributed by atoms with E-state index in [9.17, 15) is 34.8 Å². The Morgan fingerprint density at radius 1 is 1.19 bits per heavy atom. The third kappa shape index (κ3) is 4.44. The first-order chi connectivity index (χ1) is 9.25. The molecule has 120 valence electrons. The highest BCUT2D eigenvalue weighted by Gasteiger charge is 2.39. The number of hydrogen-bond donors (Lipinski definition) is 2. The van der Waals surface area contributed by atoms with Crippen LogP contribution in [0.3, 0.4) is 0 Å². The molecule has 4 N–H and O–H groups in total. The summed E-state index contributed by atoms with van der Waals surface area (Å²) in [4.78, 5) is 1.51. The SMILES string of the molecule is NCc1nc(C(F)(F)F)cc(OC(F)(F)F)c1S(N)(=O)=O. The van der Waals surface area contributed by atoms with Crippen molar-refractivity contribution in [3.63, 3.8) is 0 Å². The van der Waals surface area contributed by atoms with Crippen LogP contribution in [0.15, 0.2) is 11.0 Å². The van der Waals surface area contributed by atoms with Gasteiger partial charge in [0.2, 0.25) is 10.0 Å². The number of rotatable bonds is 3. The van der Waals surface area contributed by atoms with Crippen molar-refractivity contribution in [2.24, 2.45) is 10.9 Å². The van der Waals surface area contributed by atoms with Crippen molar-refractivity contribution in [2.75, 3.05) is 0 Å². The maximum absolute atomic E-state index is 12.5. The fourth-order valence-corrected chi connectivity index (χ4v) is 2.19. The van der Waals surface area contributed by atoms with Crippen LogP contribution < -0.4 is 15.6 Å². The van der Waals surface area contributed by atoms with Gasteiger partial charge in [-0.15, -0.1) is 13.2 Å². The van der Waals surface area contributed by atoms with Crippen molar-refractivity contribution in [2.45, 2.75) is 24.0 Å². The summed E-state index contributed by atoms with van der Waals surface area (Å²) in [7, 11) is -4.85. The van der Waals surface area contributed by atoms with E-state index in [2.05, 4.69) is 14.9 Å². The lowest BCUT2D eigenvalue weighted by molar-refractivity contribution is -0.275. The number of halogens is 6. The maximum atomic E-state index is 12.5. The Bertz CT molecular complexity index is 640. The molecule has 0 amide bonds. The van der Waals surface area contributed by atoms with Crippen LogP contribution in [0.1, 0.15) is 11.4 Å². The van der Waals surface area contributed by atoms with Crippen molar-refractivity contribution in [1.82, 2.24) is 4.98 Å². The molecule has 1 heterocycles. The minimum Gasteiger partial charge on any atom is -0.404 e. The van der Waals surface area contributed by atoms with Crippen LogP contribution in [0.4, 0.5) is 26.3 Å². The van der Waals surface area contributed by atoms with Crippen molar-refractivity contribution < 1.29 is 39.5 Å². The summed E-state index contributed by atoms with van der Waals surface area (Å²) in [6, 6.07) is -0.216. The summed E-state index contributed by atoms with van der Waals surface area (Å²) in [6.45, 7) is -0.899. The van der Waals surface area contributed by atoms with Gasteiger partial charge in [0.25, 0.3) is 0 Å². The fourth-order valence-electron chi connectivity index (χ4n) is 1.35. The fraction of sp³-hybridized carbons (Fsp3) is 0.375. The summed E-state index contributed by atoms with van der Waals surface area (Å²) in [5, 5.41) is 4.66. The third-order valence-corrected chi connectivity index (χ3v) is 3.01. The van der Waals surface area contributed by atoms with Crippen LogP contribution in [0.2, 0.25) is 0 Å². The summed E-state index contributed by atoms with van der Waals surface area (Å²) in [6.07, 6.45) is -10.6. The van der Waals surface area contributed by atoms with Crippen molar-refractivity contribution in [3.8, 4) is 5.75 Å². The molecular formula is C8H7F6N3O3S. The molecule has 0 radical (unpaired) electrons. The average Bonchev–Trinajstić information content (AvgIpc) is 2.22. The number of ether oxygens (including phenoxy) is 1. The average molecular weight is 339 g/mol. The van der Waals surface area contributed by atoms with Crippen LogP contribution in [0.5, 0.6) is 5.75 Å².